The summed E-state index contributed by atoms with van der Waals surface area (Å²) < 4.78 is 4.67. The van der Waals surface area contributed by atoms with Crippen molar-refractivity contribution in [3.63, 3.8) is 0 Å². The van der Waals surface area contributed by atoms with E-state index in [4.69, 9.17) is 0 Å². The number of rotatable bonds is 2. The van der Waals surface area contributed by atoms with Crippen LogP contribution in [0.15, 0.2) is 18.7 Å². The molecule has 2 nitrogen and oxygen atoms in total. The third kappa shape index (κ3) is 2.27. The Balaban J connectivity index is 3.26. The normalized spacial score (nSPS) is 9.87. The Labute approximate surface area is 90.6 Å². The van der Waals surface area contributed by atoms with Gasteiger partial charge >= 0.3 is 5.97 Å². The van der Waals surface area contributed by atoms with E-state index in [1.165, 1.54) is 12.7 Å². The van der Waals surface area contributed by atoms with Crippen molar-refractivity contribution in [3.05, 3.63) is 41.0 Å². The van der Waals surface area contributed by atoms with Crippen molar-refractivity contribution in [2.75, 3.05) is 7.11 Å². The van der Waals surface area contributed by atoms with E-state index in [2.05, 4.69) is 11.3 Å². The van der Waals surface area contributed by atoms with Crippen LogP contribution in [0.2, 0.25) is 0 Å². The Morgan fingerprint density at radius 3 is 2.07 bits per heavy atom. The Kier molecular flexibility index (Phi) is 3.30. The SMILES string of the molecule is C=C(C(=O)OC)c1c(C)cc(C)cc1C. The minimum Gasteiger partial charge on any atom is -0.465 e. The van der Waals surface area contributed by atoms with E-state index in [9.17, 15) is 4.79 Å². The molecule has 0 atom stereocenters. The van der Waals surface area contributed by atoms with E-state index in [0.717, 1.165) is 16.7 Å². The van der Waals surface area contributed by atoms with Gasteiger partial charge < -0.3 is 4.74 Å². The van der Waals surface area contributed by atoms with E-state index >= 15 is 0 Å². The molecule has 0 heterocycles. The summed E-state index contributed by atoms with van der Waals surface area (Å²) in [6, 6.07) is 4.08. The molecule has 15 heavy (non-hydrogen) atoms. The highest BCUT2D eigenvalue weighted by molar-refractivity contribution is 6.16. The molecule has 0 fully saturated rings. The third-order valence-electron chi connectivity index (χ3n) is 2.41. The first kappa shape index (κ1) is 11.5. The second kappa shape index (κ2) is 4.30. The first-order valence-electron chi connectivity index (χ1n) is 4.82. The first-order chi connectivity index (χ1) is 6.97. The van der Waals surface area contributed by atoms with Crippen molar-refractivity contribution >= 4 is 11.5 Å². The lowest BCUT2D eigenvalue weighted by atomic mass is 9.94. The fraction of sp³-hybridized carbons (Fsp3) is 0.308. The number of benzene rings is 1. The quantitative estimate of drug-likeness (QED) is 0.547. The number of hydrogen-bond donors (Lipinski definition) is 0. The summed E-state index contributed by atoms with van der Waals surface area (Å²) in [7, 11) is 1.37. The Morgan fingerprint density at radius 2 is 1.67 bits per heavy atom. The highest BCUT2D eigenvalue weighted by Gasteiger charge is 2.14. The molecule has 0 aromatic heterocycles. The molecule has 1 aromatic carbocycles. The molecule has 0 N–H and O–H groups in total. The summed E-state index contributed by atoms with van der Waals surface area (Å²) in [4.78, 5) is 11.4. The van der Waals surface area contributed by atoms with Crippen LogP contribution in [0.5, 0.6) is 0 Å². The van der Waals surface area contributed by atoms with Gasteiger partial charge in [-0.25, -0.2) is 4.79 Å². The maximum atomic E-state index is 11.4. The van der Waals surface area contributed by atoms with Gasteiger partial charge in [-0.05, 0) is 37.5 Å². The van der Waals surface area contributed by atoms with Crippen molar-refractivity contribution < 1.29 is 9.53 Å². The second-order valence-electron chi connectivity index (χ2n) is 3.74. The van der Waals surface area contributed by atoms with Crippen LogP contribution in [0, 0.1) is 20.8 Å². The summed E-state index contributed by atoms with van der Waals surface area (Å²) in [5, 5.41) is 0. The topological polar surface area (TPSA) is 26.3 Å². The third-order valence-corrected chi connectivity index (χ3v) is 2.41. The van der Waals surface area contributed by atoms with Crippen LogP contribution in [0.25, 0.3) is 5.57 Å². The smallest absolute Gasteiger partial charge is 0.337 e. The maximum absolute atomic E-state index is 11.4. The first-order valence-corrected chi connectivity index (χ1v) is 4.82. The number of hydrogen-bond acceptors (Lipinski definition) is 2. The van der Waals surface area contributed by atoms with Crippen LogP contribution in [-0.2, 0) is 9.53 Å². The predicted molar refractivity (Wildman–Crippen MR) is 61.7 cm³/mol. The summed E-state index contributed by atoms with van der Waals surface area (Å²) in [5.41, 5.74) is 4.62. The predicted octanol–water partition coefficient (Wildman–Crippen LogP) is 2.80. The lowest BCUT2D eigenvalue weighted by Gasteiger charge is -2.12. The van der Waals surface area contributed by atoms with Crippen molar-refractivity contribution in [2.24, 2.45) is 0 Å². The molecular formula is C13H16O2. The molecule has 0 aliphatic carbocycles. The lowest BCUT2D eigenvalue weighted by molar-refractivity contribution is -0.133. The number of esters is 1. The van der Waals surface area contributed by atoms with Gasteiger partial charge in [-0.1, -0.05) is 24.3 Å². The molecule has 0 spiro atoms. The molecule has 0 amide bonds. The van der Waals surface area contributed by atoms with Gasteiger partial charge in [0.15, 0.2) is 0 Å². The van der Waals surface area contributed by atoms with Gasteiger partial charge in [-0.3, -0.25) is 0 Å². The number of carbonyl (C=O) groups is 1. The molecule has 0 radical (unpaired) electrons. The van der Waals surface area contributed by atoms with Gasteiger partial charge in [0, 0.05) is 0 Å². The molecule has 1 rings (SSSR count). The highest BCUT2D eigenvalue weighted by atomic mass is 16.5. The summed E-state index contributed by atoms with van der Waals surface area (Å²) >= 11 is 0. The zero-order valence-electron chi connectivity index (χ0n) is 9.68. The molecule has 80 valence electrons. The van der Waals surface area contributed by atoms with E-state index in [-0.39, 0.29) is 5.97 Å². The summed E-state index contributed by atoms with van der Waals surface area (Å²) in [6.07, 6.45) is 0. The molecule has 0 saturated carbocycles. The number of ether oxygens (including phenoxy) is 1. The minimum atomic E-state index is -0.370. The van der Waals surface area contributed by atoms with Gasteiger partial charge in [-0.15, -0.1) is 0 Å². The zero-order chi connectivity index (χ0) is 11.6. The second-order valence-corrected chi connectivity index (χ2v) is 3.74. The van der Waals surface area contributed by atoms with Gasteiger partial charge in [0.25, 0.3) is 0 Å². The standard InChI is InChI=1S/C13H16O2/c1-8-6-9(2)12(10(3)7-8)11(4)13(14)15-5/h6-7H,4H2,1-3,5H3. The largest absolute Gasteiger partial charge is 0.465 e. The summed E-state index contributed by atoms with van der Waals surface area (Å²) in [6.45, 7) is 9.76. The molecule has 0 saturated heterocycles. The van der Waals surface area contributed by atoms with E-state index in [0.29, 0.717) is 5.57 Å². The van der Waals surface area contributed by atoms with Gasteiger partial charge in [0.05, 0.1) is 12.7 Å². The van der Waals surface area contributed by atoms with Crippen molar-refractivity contribution in [1.82, 2.24) is 0 Å². The van der Waals surface area contributed by atoms with Gasteiger partial charge in [0.2, 0.25) is 0 Å². The zero-order valence-corrected chi connectivity index (χ0v) is 9.68. The molecule has 0 aliphatic heterocycles. The van der Waals surface area contributed by atoms with E-state index in [1.807, 2.05) is 32.9 Å². The number of methoxy groups -OCH3 is 1. The van der Waals surface area contributed by atoms with Crippen LogP contribution in [0.4, 0.5) is 0 Å². The van der Waals surface area contributed by atoms with Crippen LogP contribution in [0.1, 0.15) is 22.3 Å². The molecule has 1 aromatic rings. The monoisotopic (exact) mass is 204 g/mol. The number of carbonyl (C=O) groups excluding carboxylic acids is 1. The lowest BCUT2D eigenvalue weighted by Crippen LogP contribution is -2.05. The van der Waals surface area contributed by atoms with Crippen LogP contribution >= 0.6 is 0 Å². The molecular weight excluding hydrogens is 188 g/mol. The molecule has 0 bridgehead atoms. The molecule has 0 aliphatic rings. The molecule has 2 heteroatoms. The van der Waals surface area contributed by atoms with E-state index in [1.54, 1.807) is 0 Å². The molecule has 0 unspecified atom stereocenters. The Morgan fingerprint density at radius 1 is 1.20 bits per heavy atom. The number of aryl methyl sites for hydroxylation is 3. The van der Waals surface area contributed by atoms with Crippen molar-refractivity contribution in [3.8, 4) is 0 Å². The van der Waals surface area contributed by atoms with E-state index < -0.39 is 0 Å². The average molecular weight is 204 g/mol. The minimum absolute atomic E-state index is 0.370. The fourth-order valence-electron chi connectivity index (χ4n) is 1.88. The Bertz CT molecular complexity index is 394. The van der Waals surface area contributed by atoms with Crippen molar-refractivity contribution in [1.29, 1.82) is 0 Å². The summed E-state index contributed by atoms with van der Waals surface area (Å²) in [5.74, 6) is -0.370. The van der Waals surface area contributed by atoms with Crippen molar-refractivity contribution in [2.45, 2.75) is 20.8 Å². The highest BCUT2D eigenvalue weighted by Crippen LogP contribution is 2.23. The average Bonchev–Trinajstić information content (AvgIpc) is 2.14. The maximum Gasteiger partial charge on any atom is 0.337 e. The van der Waals surface area contributed by atoms with Gasteiger partial charge in [0.1, 0.15) is 0 Å². The van der Waals surface area contributed by atoms with Crippen LogP contribution in [-0.4, -0.2) is 13.1 Å². The van der Waals surface area contributed by atoms with Gasteiger partial charge in [-0.2, -0.15) is 0 Å². The Hall–Kier alpha value is -1.57. The van der Waals surface area contributed by atoms with Crippen LogP contribution < -0.4 is 0 Å². The van der Waals surface area contributed by atoms with Crippen LogP contribution in [0.3, 0.4) is 0 Å². The fourth-order valence-corrected chi connectivity index (χ4v) is 1.88.